The predicted molar refractivity (Wildman–Crippen MR) is 66.5 cm³/mol. The Bertz CT molecular complexity index is 186. The van der Waals surface area contributed by atoms with Crippen molar-refractivity contribution in [3.8, 4) is 0 Å². The maximum absolute atomic E-state index is 4.69. The standard InChI is InChI=1S/C14H25N/c1-3-7-13(8-4-1)11-15-12-14-9-5-2-6-10-14/h11,13-14H,1-10,12H2. The molecule has 0 amide bonds. The lowest BCUT2D eigenvalue weighted by Crippen LogP contribution is -2.11. The van der Waals surface area contributed by atoms with Gasteiger partial charge in [0.15, 0.2) is 0 Å². The Balaban J connectivity index is 1.64. The fourth-order valence-corrected chi connectivity index (χ4v) is 3.01. The van der Waals surface area contributed by atoms with E-state index in [1.807, 2.05) is 0 Å². The van der Waals surface area contributed by atoms with Crippen molar-refractivity contribution in [2.75, 3.05) is 6.54 Å². The lowest BCUT2D eigenvalue weighted by molar-refractivity contribution is 0.366. The molecule has 0 aromatic carbocycles. The molecule has 0 radical (unpaired) electrons. The van der Waals surface area contributed by atoms with E-state index in [2.05, 4.69) is 6.21 Å². The van der Waals surface area contributed by atoms with Gasteiger partial charge in [-0.25, -0.2) is 0 Å². The van der Waals surface area contributed by atoms with Gasteiger partial charge in [0.05, 0.1) is 0 Å². The maximum Gasteiger partial charge on any atom is 0.0413 e. The molecule has 2 saturated carbocycles. The van der Waals surface area contributed by atoms with Crippen LogP contribution in [0.3, 0.4) is 0 Å². The average molecular weight is 207 g/mol. The molecule has 1 heteroatoms. The van der Waals surface area contributed by atoms with Crippen LogP contribution in [0.15, 0.2) is 4.99 Å². The van der Waals surface area contributed by atoms with Crippen LogP contribution in [0.4, 0.5) is 0 Å². The van der Waals surface area contributed by atoms with E-state index in [-0.39, 0.29) is 0 Å². The molecular formula is C14H25N. The Hall–Kier alpha value is -0.330. The summed E-state index contributed by atoms with van der Waals surface area (Å²) in [6.07, 6.45) is 16.6. The second kappa shape index (κ2) is 6.30. The van der Waals surface area contributed by atoms with Crippen LogP contribution in [-0.4, -0.2) is 12.8 Å². The molecule has 0 aromatic heterocycles. The highest BCUT2D eigenvalue weighted by Crippen LogP contribution is 2.25. The quantitative estimate of drug-likeness (QED) is 0.614. The Morgan fingerprint density at radius 3 is 2.07 bits per heavy atom. The van der Waals surface area contributed by atoms with Crippen LogP contribution in [0, 0.1) is 11.8 Å². The molecule has 86 valence electrons. The number of hydrogen-bond acceptors (Lipinski definition) is 1. The smallest absolute Gasteiger partial charge is 0.0413 e. The van der Waals surface area contributed by atoms with E-state index in [9.17, 15) is 0 Å². The van der Waals surface area contributed by atoms with Gasteiger partial charge >= 0.3 is 0 Å². The van der Waals surface area contributed by atoms with Crippen molar-refractivity contribution < 1.29 is 0 Å². The van der Waals surface area contributed by atoms with Crippen molar-refractivity contribution >= 4 is 6.21 Å². The summed E-state index contributed by atoms with van der Waals surface area (Å²) in [5.41, 5.74) is 0. The third kappa shape index (κ3) is 3.96. The average Bonchev–Trinajstić information content (AvgIpc) is 2.32. The van der Waals surface area contributed by atoms with Crippen molar-refractivity contribution in [3.63, 3.8) is 0 Å². The molecule has 0 atom stereocenters. The van der Waals surface area contributed by atoms with Crippen LogP contribution in [0.5, 0.6) is 0 Å². The fourth-order valence-electron chi connectivity index (χ4n) is 3.01. The molecule has 2 rings (SSSR count). The van der Waals surface area contributed by atoms with Gasteiger partial charge in [0.25, 0.3) is 0 Å². The minimum Gasteiger partial charge on any atom is -0.297 e. The molecule has 0 heterocycles. The van der Waals surface area contributed by atoms with Crippen molar-refractivity contribution in [2.24, 2.45) is 16.8 Å². The van der Waals surface area contributed by atoms with E-state index < -0.39 is 0 Å². The number of rotatable bonds is 3. The first-order valence-corrected chi connectivity index (χ1v) is 6.95. The SMILES string of the molecule is C(=NCC1CCCCC1)C1CCCCC1. The summed E-state index contributed by atoms with van der Waals surface area (Å²) in [5.74, 6) is 1.74. The molecule has 0 N–H and O–H groups in total. The third-order valence-corrected chi connectivity index (χ3v) is 4.05. The first kappa shape index (κ1) is 11.2. The van der Waals surface area contributed by atoms with Gasteiger partial charge < -0.3 is 0 Å². The zero-order chi connectivity index (χ0) is 10.3. The van der Waals surface area contributed by atoms with Gasteiger partial charge in [0.1, 0.15) is 0 Å². The molecule has 0 unspecified atom stereocenters. The van der Waals surface area contributed by atoms with Crippen molar-refractivity contribution in [1.82, 2.24) is 0 Å². The highest BCUT2D eigenvalue weighted by molar-refractivity contribution is 5.60. The first-order chi connectivity index (χ1) is 7.45. The summed E-state index contributed by atoms with van der Waals surface area (Å²) in [5, 5.41) is 0. The largest absolute Gasteiger partial charge is 0.297 e. The maximum atomic E-state index is 4.69. The van der Waals surface area contributed by atoms with E-state index >= 15 is 0 Å². The second-order valence-corrected chi connectivity index (χ2v) is 5.42. The van der Waals surface area contributed by atoms with Crippen LogP contribution in [0.2, 0.25) is 0 Å². The zero-order valence-electron chi connectivity index (χ0n) is 9.96. The Morgan fingerprint density at radius 2 is 1.40 bits per heavy atom. The molecule has 2 aliphatic carbocycles. The summed E-state index contributed by atoms with van der Waals surface area (Å²) >= 11 is 0. The topological polar surface area (TPSA) is 12.4 Å². The molecular weight excluding hydrogens is 182 g/mol. The first-order valence-electron chi connectivity index (χ1n) is 6.95. The Labute approximate surface area is 94.4 Å². The number of hydrogen-bond donors (Lipinski definition) is 0. The number of nitrogens with zero attached hydrogens (tertiary/aromatic N) is 1. The van der Waals surface area contributed by atoms with E-state index in [0.717, 1.165) is 18.4 Å². The molecule has 2 aliphatic rings. The Kier molecular flexibility index (Phi) is 4.69. The van der Waals surface area contributed by atoms with Crippen LogP contribution in [-0.2, 0) is 0 Å². The van der Waals surface area contributed by atoms with E-state index in [1.54, 1.807) is 0 Å². The monoisotopic (exact) mass is 207 g/mol. The highest BCUT2D eigenvalue weighted by Gasteiger charge is 2.13. The van der Waals surface area contributed by atoms with Gasteiger partial charge in [-0.2, -0.15) is 0 Å². The van der Waals surface area contributed by atoms with E-state index in [4.69, 9.17) is 4.99 Å². The molecule has 0 bridgehead atoms. The van der Waals surface area contributed by atoms with Crippen LogP contribution in [0.1, 0.15) is 64.2 Å². The van der Waals surface area contributed by atoms with Crippen molar-refractivity contribution in [1.29, 1.82) is 0 Å². The molecule has 0 saturated heterocycles. The molecule has 2 fully saturated rings. The summed E-state index contributed by atoms with van der Waals surface area (Å²) < 4.78 is 0. The molecule has 1 nitrogen and oxygen atoms in total. The molecule has 0 spiro atoms. The van der Waals surface area contributed by atoms with E-state index in [0.29, 0.717) is 0 Å². The summed E-state index contributed by atoms with van der Waals surface area (Å²) in [4.78, 5) is 4.69. The minimum absolute atomic E-state index is 0.822. The molecule has 0 aliphatic heterocycles. The Morgan fingerprint density at radius 1 is 0.800 bits per heavy atom. The predicted octanol–water partition coefficient (Wildman–Crippen LogP) is 4.22. The van der Waals surface area contributed by atoms with Gasteiger partial charge in [-0.3, -0.25) is 4.99 Å². The molecule has 15 heavy (non-hydrogen) atoms. The lowest BCUT2D eigenvalue weighted by Gasteiger charge is -2.20. The van der Waals surface area contributed by atoms with Gasteiger partial charge in [0.2, 0.25) is 0 Å². The highest BCUT2D eigenvalue weighted by atomic mass is 14.7. The fraction of sp³-hybridized carbons (Fsp3) is 0.929. The van der Waals surface area contributed by atoms with Gasteiger partial charge in [0, 0.05) is 12.8 Å². The van der Waals surface area contributed by atoms with Crippen molar-refractivity contribution in [3.05, 3.63) is 0 Å². The van der Waals surface area contributed by atoms with Crippen molar-refractivity contribution in [2.45, 2.75) is 64.2 Å². The molecule has 0 aromatic rings. The van der Waals surface area contributed by atoms with Gasteiger partial charge in [-0.05, 0) is 37.5 Å². The minimum atomic E-state index is 0.822. The normalized spacial score (nSPS) is 26.1. The zero-order valence-corrected chi connectivity index (χ0v) is 9.96. The van der Waals surface area contributed by atoms with Crippen LogP contribution < -0.4 is 0 Å². The summed E-state index contributed by atoms with van der Waals surface area (Å²) in [6, 6.07) is 0. The third-order valence-electron chi connectivity index (χ3n) is 4.05. The van der Waals surface area contributed by atoms with Gasteiger partial charge in [-0.15, -0.1) is 0 Å². The number of aliphatic imine (C=N–C) groups is 1. The summed E-state index contributed by atoms with van der Waals surface area (Å²) in [6.45, 7) is 1.12. The van der Waals surface area contributed by atoms with E-state index in [1.165, 1.54) is 64.2 Å². The van der Waals surface area contributed by atoms with Crippen LogP contribution in [0.25, 0.3) is 0 Å². The second-order valence-electron chi connectivity index (χ2n) is 5.42. The lowest BCUT2D eigenvalue weighted by atomic mass is 9.89. The van der Waals surface area contributed by atoms with Gasteiger partial charge in [-0.1, -0.05) is 38.5 Å². The summed E-state index contributed by atoms with van der Waals surface area (Å²) in [7, 11) is 0. The van der Waals surface area contributed by atoms with Crippen LogP contribution >= 0.6 is 0 Å².